The van der Waals surface area contributed by atoms with Crippen LogP contribution in [0.4, 0.5) is 5.69 Å². The van der Waals surface area contributed by atoms with Gasteiger partial charge in [-0.2, -0.15) is 11.8 Å². The van der Waals surface area contributed by atoms with E-state index in [2.05, 4.69) is 17.0 Å². The fraction of sp³-hybridized carbons (Fsp3) is 0.267. The molecule has 1 saturated heterocycles. The van der Waals surface area contributed by atoms with Crippen molar-refractivity contribution in [3.05, 3.63) is 42.2 Å². The van der Waals surface area contributed by atoms with E-state index >= 15 is 0 Å². The summed E-state index contributed by atoms with van der Waals surface area (Å²) < 4.78 is 5.42. The van der Waals surface area contributed by atoms with Crippen molar-refractivity contribution in [2.75, 3.05) is 29.5 Å². The van der Waals surface area contributed by atoms with Gasteiger partial charge in [0.05, 0.1) is 0 Å². The maximum absolute atomic E-state index is 10.6. The summed E-state index contributed by atoms with van der Waals surface area (Å²) in [5.74, 6) is 3.50. The summed E-state index contributed by atoms with van der Waals surface area (Å²) in [4.78, 5) is 13.0. The van der Waals surface area contributed by atoms with Crippen LogP contribution in [0.1, 0.15) is 10.6 Å². The van der Waals surface area contributed by atoms with Gasteiger partial charge in [-0.05, 0) is 36.4 Å². The minimum Gasteiger partial charge on any atom is -0.453 e. The molecule has 19 heavy (non-hydrogen) atoms. The van der Waals surface area contributed by atoms with Crippen molar-refractivity contribution < 1.29 is 9.21 Å². The molecule has 3 rings (SSSR count). The fourth-order valence-electron chi connectivity index (χ4n) is 2.23. The van der Waals surface area contributed by atoms with E-state index in [0.29, 0.717) is 5.76 Å². The van der Waals surface area contributed by atoms with Crippen LogP contribution in [0.5, 0.6) is 0 Å². The zero-order valence-corrected chi connectivity index (χ0v) is 11.4. The van der Waals surface area contributed by atoms with Crippen LogP contribution in [0.15, 0.2) is 40.8 Å². The van der Waals surface area contributed by atoms with Gasteiger partial charge in [0.2, 0.25) is 0 Å². The summed E-state index contributed by atoms with van der Waals surface area (Å²) >= 11 is 2.01. The molecule has 2 heterocycles. The van der Waals surface area contributed by atoms with Gasteiger partial charge >= 0.3 is 0 Å². The van der Waals surface area contributed by atoms with Crippen LogP contribution in [-0.2, 0) is 0 Å². The van der Waals surface area contributed by atoms with Crippen LogP contribution < -0.4 is 4.90 Å². The summed E-state index contributed by atoms with van der Waals surface area (Å²) in [6.07, 6.45) is 0.725. The summed E-state index contributed by atoms with van der Waals surface area (Å²) in [5.41, 5.74) is 2.26. The second kappa shape index (κ2) is 5.53. The molecular weight excluding hydrogens is 258 g/mol. The first-order valence-corrected chi connectivity index (χ1v) is 7.50. The standard InChI is InChI=1S/C15H15NO2S/c17-11-14-5-6-15(18-14)12-1-3-13(4-2-12)16-7-9-19-10-8-16/h1-6,11H,7-10H2. The lowest BCUT2D eigenvalue weighted by Gasteiger charge is -2.28. The van der Waals surface area contributed by atoms with Gasteiger partial charge in [0.15, 0.2) is 12.0 Å². The molecule has 3 nitrogen and oxygen atoms in total. The van der Waals surface area contributed by atoms with Crippen molar-refractivity contribution in [1.82, 2.24) is 0 Å². The van der Waals surface area contributed by atoms with Crippen LogP contribution >= 0.6 is 11.8 Å². The van der Waals surface area contributed by atoms with Gasteiger partial charge in [0, 0.05) is 35.8 Å². The molecule has 0 saturated carbocycles. The van der Waals surface area contributed by atoms with E-state index in [9.17, 15) is 4.79 Å². The first-order valence-electron chi connectivity index (χ1n) is 6.35. The molecule has 0 aliphatic carbocycles. The Bertz CT molecular complexity index is 556. The molecule has 0 unspecified atom stereocenters. The normalized spacial score (nSPS) is 15.5. The van der Waals surface area contributed by atoms with Crippen molar-refractivity contribution in [1.29, 1.82) is 0 Å². The Balaban J connectivity index is 1.79. The predicted molar refractivity (Wildman–Crippen MR) is 79.1 cm³/mol. The Morgan fingerprint density at radius 1 is 1.05 bits per heavy atom. The Labute approximate surface area is 116 Å². The van der Waals surface area contributed by atoms with Gasteiger partial charge in [-0.25, -0.2) is 0 Å². The molecule has 1 aliphatic rings. The van der Waals surface area contributed by atoms with Gasteiger partial charge in [0.25, 0.3) is 0 Å². The molecular formula is C15H15NO2S. The minimum atomic E-state index is 0.368. The van der Waals surface area contributed by atoms with Crippen LogP contribution in [0.3, 0.4) is 0 Å². The van der Waals surface area contributed by atoms with Crippen LogP contribution in [-0.4, -0.2) is 30.9 Å². The number of anilines is 1. The molecule has 0 N–H and O–H groups in total. The summed E-state index contributed by atoms with van der Waals surface area (Å²) in [6.45, 7) is 2.22. The highest BCUT2D eigenvalue weighted by molar-refractivity contribution is 7.99. The van der Waals surface area contributed by atoms with Crippen molar-refractivity contribution >= 4 is 23.7 Å². The topological polar surface area (TPSA) is 33.5 Å². The number of carbonyl (C=O) groups is 1. The molecule has 2 aromatic rings. The lowest BCUT2D eigenvalue weighted by Crippen LogP contribution is -2.32. The molecule has 1 aliphatic heterocycles. The molecule has 0 amide bonds. The maximum atomic E-state index is 10.6. The highest BCUT2D eigenvalue weighted by Gasteiger charge is 2.11. The van der Waals surface area contributed by atoms with E-state index in [1.54, 1.807) is 6.07 Å². The minimum absolute atomic E-state index is 0.368. The second-order valence-electron chi connectivity index (χ2n) is 4.47. The zero-order valence-electron chi connectivity index (χ0n) is 10.5. The Kier molecular flexibility index (Phi) is 3.60. The summed E-state index contributed by atoms with van der Waals surface area (Å²) in [6, 6.07) is 11.9. The lowest BCUT2D eigenvalue weighted by atomic mass is 10.1. The first-order chi connectivity index (χ1) is 9.36. The molecule has 4 heteroatoms. The molecule has 1 aromatic carbocycles. The maximum Gasteiger partial charge on any atom is 0.185 e. The molecule has 1 aromatic heterocycles. The van der Waals surface area contributed by atoms with Gasteiger partial charge < -0.3 is 9.32 Å². The number of rotatable bonds is 3. The smallest absolute Gasteiger partial charge is 0.185 e. The average Bonchev–Trinajstić information content (AvgIpc) is 2.97. The third-order valence-electron chi connectivity index (χ3n) is 3.27. The van der Waals surface area contributed by atoms with Gasteiger partial charge in [0.1, 0.15) is 5.76 Å². The summed E-state index contributed by atoms with van der Waals surface area (Å²) in [7, 11) is 0. The Morgan fingerprint density at radius 3 is 2.42 bits per heavy atom. The highest BCUT2D eigenvalue weighted by atomic mass is 32.2. The monoisotopic (exact) mass is 273 g/mol. The second-order valence-corrected chi connectivity index (χ2v) is 5.69. The van der Waals surface area contributed by atoms with Crippen molar-refractivity contribution in [3.8, 4) is 11.3 Å². The number of benzene rings is 1. The first kappa shape index (κ1) is 12.4. The Hall–Kier alpha value is -1.68. The molecule has 0 atom stereocenters. The largest absolute Gasteiger partial charge is 0.453 e. The van der Waals surface area contributed by atoms with Crippen LogP contribution in [0.25, 0.3) is 11.3 Å². The molecule has 0 spiro atoms. The van der Waals surface area contributed by atoms with Gasteiger partial charge in [-0.1, -0.05) is 0 Å². The highest BCUT2D eigenvalue weighted by Crippen LogP contribution is 2.26. The molecule has 1 fully saturated rings. The van der Waals surface area contributed by atoms with Crippen molar-refractivity contribution in [3.63, 3.8) is 0 Å². The van der Waals surface area contributed by atoms with Gasteiger partial charge in [-0.3, -0.25) is 4.79 Å². The average molecular weight is 273 g/mol. The van der Waals surface area contributed by atoms with Crippen molar-refractivity contribution in [2.45, 2.75) is 0 Å². The lowest BCUT2D eigenvalue weighted by molar-refractivity contribution is 0.110. The molecule has 0 bridgehead atoms. The quantitative estimate of drug-likeness (QED) is 0.803. The van der Waals surface area contributed by atoms with E-state index in [1.807, 2.05) is 30.0 Å². The number of hydrogen-bond donors (Lipinski definition) is 0. The third kappa shape index (κ3) is 2.68. The van der Waals surface area contributed by atoms with E-state index in [4.69, 9.17) is 4.42 Å². The van der Waals surface area contributed by atoms with Crippen molar-refractivity contribution in [2.24, 2.45) is 0 Å². The predicted octanol–water partition coefficient (Wildman–Crippen LogP) is 3.31. The van der Waals surface area contributed by atoms with E-state index < -0.39 is 0 Å². The third-order valence-corrected chi connectivity index (χ3v) is 4.21. The number of thioether (sulfide) groups is 1. The van der Waals surface area contributed by atoms with Gasteiger partial charge in [-0.15, -0.1) is 0 Å². The summed E-state index contributed by atoms with van der Waals surface area (Å²) in [5, 5.41) is 0. The molecule has 98 valence electrons. The van der Waals surface area contributed by atoms with E-state index in [-0.39, 0.29) is 0 Å². The number of hydrogen-bond acceptors (Lipinski definition) is 4. The number of carbonyl (C=O) groups excluding carboxylic acids is 1. The SMILES string of the molecule is O=Cc1ccc(-c2ccc(N3CCSCC3)cc2)o1. The van der Waals surface area contributed by atoms with Crippen LogP contribution in [0.2, 0.25) is 0 Å². The number of aldehydes is 1. The van der Waals surface area contributed by atoms with Crippen LogP contribution in [0, 0.1) is 0 Å². The molecule has 0 radical (unpaired) electrons. The zero-order chi connectivity index (χ0) is 13.1. The number of furan rings is 1. The fourth-order valence-corrected chi connectivity index (χ4v) is 3.13. The van der Waals surface area contributed by atoms with E-state index in [1.165, 1.54) is 17.2 Å². The van der Waals surface area contributed by atoms with E-state index in [0.717, 1.165) is 30.7 Å². The Morgan fingerprint density at radius 2 is 1.79 bits per heavy atom. The number of nitrogens with zero attached hydrogens (tertiary/aromatic N) is 1.